The van der Waals surface area contributed by atoms with Crippen LogP contribution < -0.4 is 15.4 Å². The van der Waals surface area contributed by atoms with Gasteiger partial charge in [-0.05, 0) is 41.0 Å². The third-order valence-electron chi connectivity index (χ3n) is 2.85. The van der Waals surface area contributed by atoms with Gasteiger partial charge < -0.3 is 15.4 Å². The second-order valence-electron chi connectivity index (χ2n) is 4.03. The van der Waals surface area contributed by atoms with Crippen LogP contribution in [0.3, 0.4) is 0 Å². The van der Waals surface area contributed by atoms with Crippen molar-refractivity contribution in [3.63, 3.8) is 0 Å². The van der Waals surface area contributed by atoms with E-state index < -0.39 is 0 Å². The minimum atomic E-state index is 0. The summed E-state index contributed by atoms with van der Waals surface area (Å²) in [5.74, 6) is 0.858. The zero-order valence-corrected chi connectivity index (χ0v) is 12.4. The number of ether oxygens (including phenoxy) is 1. The molecule has 18 heavy (non-hydrogen) atoms. The van der Waals surface area contributed by atoms with E-state index in [0.29, 0.717) is 5.75 Å². The smallest absolute Gasteiger partial charge is 0.228 e. The molecule has 1 aliphatic heterocycles. The fraction of sp³-hybridized carbons (Fsp3) is 0.417. The number of methoxy groups -OCH3 is 1. The lowest BCUT2D eigenvalue weighted by molar-refractivity contribution is -0.119. The van der Waals surface area contributed by atoms with Gasteiger partial charge in [0.1, 0.15) is 5.75 Å². The van der Waals surface area contributed by atoms with Crippen molar-refractivity contribution >= 4 is 39.9 Å². The SMILES string of the molecule is COc1cc(NC(=O)C2CCNC2)ccc1Br.Cl. The molecule has 100 valence electrons. The highest BCUT2D eigenvalue weighted by molar-refractivity contribution is 9.10. The first-order valence-corrected chi connectivity index (χ1v) is 6.35. The van der Waals surface area contributed by atoms with Crippen molar-refractivity contribution in [1.29, 1.82) is 0 Å². The molecule has 0 aromatic heterocycles. The molecule has 1 unspecified atom stereocenters. The van der Waals surface area contributed by atoms with Gasteiger partial charge in [0, 0.05) is 18.3 Å². The quantitative estimate of drug-likeness (QED) is 0.892. The molecule has 0 aliphatic carbocycles. The average molecular weight is 336 g/mol. The highest BCUT2D eigenvalue weighted by Crippen LogP contribution is 2.28. The van der Waals surface area contributed by atoms with Gasteiger partial charge in [0.15, 0.2) is 0 Å². The van der Waals surface area contributed by atoms with E-state index in [-0.39, 0.29) is 24.2 Å². The standard InChI is InChI=1S/C12H15BrN2O2.ClH/c1-17-11-6-9(2-3-10(11)13)15-12(16)8-4-5-14-7-8;/h2-3,6,8,14H,4-5,7H2,1H3,(H,15,16);1H. The number of rotatable bonds is 3. The first-order valence-electron chi connectivity index (χ1n) is 5.56. The number of amides is 1. The Labute approximate surface area is 121 Å². The molecule has 1 atom stereocenters. The highest BCUT2D eigenvalue weighted by Gasteiger charge is 2.22. The van der Waals surface area contributed by atoms with E-state index in [4.69, 9.17) is 4.74 Å². The Bertz CT molecular complexity index is 423. The van der Waals surface area contributed by atoms with E-state index in [9.17, 15) is 4.79 Å². The molecule has 0 bridgehead atoms. The molecule has 6 heteroatoms. The number of carbonyl (C=O) groups is 1. The maximum Gasteiger partial charge on any atom is 0.228 e. The van der Waals surface area contributed by atoms with E-state index in [1.165, 1.54) is 0 Å². The van der Waals surface area contributed by atoms with Crippen LogP contribution in [-0.2, 0) is 4.79 Å². The molecule has 1 aliphatic rings. The van der Waals surface area contributed by atoms with Crippen LogP contribution in [0.4, 0.5) is 5.69 Å². The molecule has 1 fully saturated rings. The van der Waals surface area contributed by atoms with Gasteiger partial charge in [-0.3, -0.25) is 4.79 Å². The lowest BCUT2D eigenvalue weighted by atomic mass is 10.1. The molecule has 0 saturated carbocycles. The number of nitrogens with one attached hydrogen (secondary N) is 2. The van der Waals surface area contributed by atoms with Crippen LogP contribution in [-0.4, -0.2) is 26.1 Å². The molecule has 1 amide bonds. The van der Waals surface area contributed by atoms with Crippen LogP contribution in [0.25, 0.3) is 0 Å². The topological polar surface area (TPSA) is 50.4 Å². The molecule has 1 saturated heterocycles. The van der Waals surface area contributed by atoms with Crippen molar-refractivity contribution in [3.05, 3.63) is 22.7 Å². The third kappa shape index (κ3) is 3.60. The highest BCUT2D eigenvalue weighted by atomic mass is 79.9. The predicted octanol–water partition coefficient (Wildman–Crippen LogP) is 2.43. The van der Waals surface area contributed by atoms with Gasteiger partial charge in [0.2, 0.25) is 5.91 Å². The van der Waals surface area contributed by atoms with Gasteiger partial charge in [-0.25, -0.2) is 0 Å². The summed E-state index contributed by atoms with van der Waals surface area (Å²) in [6, 6.07) is 5.53. The van der Waals surface area contributed by atoms with Gasteiger partial charge >= 0.3 is 0 Å². The van der Waals surface area contributed by atoms with Crippen molar-refractivity contribution in [2.24, 2.45) is 5.92 Å². The second-order valence-corrected chi connectivity index (χ2v) is 4.88. The normalized spacial score (nSPS) is 18.0. The Morgan fingerprint density at radius 3 is 2.94 bits per heavy atom. The first-order chi connectivity index (χ1) is 8.20. The number of anilines is 1. The Balaban J connectivity index is 0.00000162. The zero-order valence-electron chi connectivity index (χ0n) is 10.0. The fourth-order valence-electron chi connectivity index (χ4n) is 1.86. The van der Waals surface area contributed by atoms with Crippen LogP contribution >= 0.6 is 28.3 Å². The maximum absolute atomic E-state index is 11.9. The van der Waals surface area contributed by atoms with E-state index in [0.717, 1.165) is 29.7 Å². The molecule has 4 nitrogen and oxygen atoms in total. The Hall–Kier alpha value is -0.780. The Morgan fingerprint density at radius 1 is 1.56 bits per heavy atom. The largest absolute Gasteiger partial charge is 0.495 e. The minimum Gasteiger partial charge on any atom is -0.495 e. The minimum absolute atomic E-state index is 0. The maximum atomic E-state index is 11.9. The summed E-state index contributed by atoms with van der Waals surface area (Å²) in [5, 5.41) is 6.08. The number of carbonyl (C=O) groups excluding carboxylic acids is 1. The second kappa shape index (κ2) is 6.97. The molecule has 1 heterocycles. The first kappa shape index (κ1) is 15.3. The van der Waals surface area contributed by atoms with E-state index in [2.05, 4.69) is 26.6 Å². The van der Waals surface area contributed by atoms with Gasteiger partial charge in [-0.15, -0.1) is 12.4 Å². The molecule has 1 aromatic rings. The average Bonchev–Trinajstić information content (AvgIpc) is 2.85. The number of hydrogen-bond acceptors (Lipinski definition) is 3. The van der Waals surface area contributed by atoms with Crippen LogP contribution in [0.2, 0.25) is 0 Å². The monoisotopic (exact) mass is 334 g/mol. The summed E-state index contributed by atoms with van der Waals surface area (Å²) < 4.78 is 6.06. The van der Waals surface area contributed by atoms with E-state index >= 15 is 0 Å². The molecule has 2 rings (SSSR count). The third-order valence-corrected chi connectivity index (χ3v) is 3.50. The van der Waals surface area contributed by atoms with E-state index in [1.54, 1.807) is 7.11 Å². The molecule has 2 N–H and O–H groups in total. The Kier molecular flexibility index (Phi) is 5.91. The van der Waals surface area contributed by atoms with Gasteiger partial charge in [-0.1, -0.05) is 0 Å². The predicted molar refractivity (Wildman–Crippen MR) is 77.5 cm³/mol. The molecule has 0 spiro atoms. The summed E-state index contributed by atoms with van der Waals surface area (Å²) in [5.41, 5.74) is 0.766. The molecular formula is C12H16BrClN2O2. The summed E-state index contributed by atoms with van der Waals surface area (Å²) >= 11 is 3.38. The number of hydrogen-bond donors (Lipinski definition) is 2. The fourth-order valence-corrected chi connectivity index (χ4v) is 2.27. The van der Waals surface area contributed by atoms with Crippen LogP contribution in [0.15, 0.2) is 22.7 Å². The Morgan fingerprint density at radius 2 is 2.33 bits per heavy atom. The zero-order chi connectivity index (χ0) is 12.3. The van der Waals surface area contributed by atoms with Crippen LogP contribution in [0, 0.1) is 5.92 Å². The van der Waals surface area contributed by atoms with Gasteiger partial charge in [-0.2, -0.15) is 0 Å². The van der Waals surface area contributed by atoms with Crippen molar-refractivity contribution in [3.8, 4) is 5.75 Å². The lowest BCUT2D eigenvalue weighted by Crippen LogP contribution is -2.24. The van der Waals surface area contributed by atoms with Crippen molar-refractivity contribution < 1.29 is 9.53 Å². The summed E-state index contributed by atoms with van der Waals surface area (Å²) in [6.45, 7) is 1.68. The van der Waals surface area contributed by atoms with E-state index in [1.807, 2.05) is 18.2 Å². The van der Waals surface area contributed by atoms with Gasteiger partial charge in [0.25, 0.3) is 0 Å². The lowest BCUT2D eigenvalue weighted by Gasteiger charge is -2.11. The summed E-state index contributed by atoms with van der Waals surface area (Å²) in [4.78, 5) is 11.9. The summed E-state index contributed by atoms with van der Waals surface area (Å²) in [6.07, 6.45) is 0.902. The van der Waals surface area contributed by atoms with Crippen molar-refractivity contribution in [2.45, 2.75) is 6.42 Å². The molecule has 1 aromatic carbocycles. The van der Waals surface area contributed by atoms with Crippen LogP contribution in [0.5, 0.6) is 5.75 Å². The number of halogens is 2. The van der Waals surface area contributed by atoms with Gasteiger partial charge in [0.05, 0.1) is 17.5 Å². The van der Waals surface area contributed by atoms with Crippen LogP contribution in [0.1, 0.15) is 6.42 Å². The molecule has 0 radical (unpaired) electrons. The number of benzene rings is 1. The van der Waals surface area contributed by atoms with Crippen molar-refractivity contribution in [2.75, 3.05) is 25.5 Å². The molecular weight excluding hydrogens is 320 g/mol. The van der Waals surface area contributed by atoms with Crippen molar-refractivity contribution in [1.82, 2.24) is 5.32 Å². The summed E-state index contributed by atoms with van der Waals surface area (Å²) in [7, 11) is 1.60.